The van der Waals surface area contributed by atoms with Crippen LogP contribution in [0.25, 0.3) is 0 Å². The van der Waals surface area contributed by atoms with Crippen LogP contribution in [-0.4, -0.2) is 42.1 Å². The number of amides is 1. The van der Waals surface area contributed by atoms with Crippen molar-refractivity contribution in [3.05, 3.63) is 17.7 Å². The monoisotopic (exact) mass is 305 g/mol. The predicted molar refractivity (Wildman–Crippen MR) is 83.9 cm³/mol. The quantitative estimate of drug-likeness (QED) is 0.807. The Morgan fingerprint density at radius 2 is 2.27 bits per heavy atom. The van der Waals surface area contributed by atoms with E-state index >= 15 is 0 Å². The molecule has 6 nitrogen and oxygen atoms in total. The number of fused-ring (bicyclic) bond motifs is 1. The Bertz CT molecular complexity index is 601. The van der Waals surface area contributed by atoms with Gasteiger partial charge in [-0.2, -0.15) is 0 Å². The molecule has 0 aromatic heterocycles. The minimum Gasteiger partial charge on any atom is -0.487 e. The summed E-state index contributed by atoms with van der Waals surface area (Å²) in [6.07, 6.45) is 1.73. The fourth-order valence-electron chi connectivity index (χ4n) is 3.19. The molecule has 1 amide bonds. The van der Waals surface area contributed by atoms with E-state index in [1.54, 1.807) is 0 Å². The van der Waals surface area contributed by atoms with Crippen molar-refractivity contribution in [3.8, 4) is 11.5 Å². The van der Waals surface area contributed by atoms with E-state index in [1.165, 1.54) is 0 Å². The topological polar surface area (TPSA) is 90.8 Å². The lowest BCUT2D eigenvalue weighted by Crippen LogP contribution is -2.33. The van der Waals surface area contributed by atoms with Gasteiger partial charge in [0.1, 0.15) is 23.2 Å². The molecule has 0 aliphatic carbocycles. The van der Waals surface area contributed by atoms with Crippen LogP contribution in [0.3, 0.4) is 0 Å². The molecule has 1 atom stereocenters. The number of carbonyl (C=O) groups is 1. The Labute approximate surface area is 130 Å². The Kier molecular flexibility index (Phi) is 3.64. The van der Waals surface area contributed by atoms with Crippen molar-refractivity contribution < 1.29 is 14.3 Å². The summed E-state index contributed by atoms with van der Waals surface area (Å²) in [6.45, 7) is 5.88. The van der Waals surface area contributed by atoms with Crippen LogP contribution >= 0.6 is 0 Å². The van der Waals surface area contributed by atoms with Gasteiger partial charge in [0.05, 0.1) is 12.2 Å². The van der Waals surface area contributed by atoms with E-state index in [0.717, 1.165) is 30.7 Å². The van der Waals surface area contributed by atoms with Crippen LogP contribution in [-0.2, 0) is 11.2 Å². The van der Waals surface area contributed by atoms with Crippen LogP contribution in [0, 0.1) is 0 Å². The fourth-order valence-corrected chi connectivity index (χ4v) is 3.19. The molecule has 3 rings (SSSR count). The first kappa shape index (κ1) is 15.0. The van der Waals surface area contributed by atoms with Gasteiger partial charge in [0.15, 0.2) is 0 Å². The zero-order valence-electron chi connectivity index (χ0n) is 13.1. The van der Waals surface area contributed by atoms with Gasteiger partial charge < -0.3 is 20.9 Å². The van der Waals surface area contributed by atoms with Crippen LogP contribution in [0.5, 0.6) is 11.5 Å². The lowest BCUT2D eigenvalue weighted by molar-refractivity contribution is -0.118. The highest BCUT2D eigenvalue weighted by molar-refractivity contribution is 5.75. The normalized spacial score (nSPS) is 23.1. The number of primary amides is 1. The minimum atomic E-state index is -0.312. The van der Waals surface area contributed by atoms with Gasteiger partial charge in [0.25, 0.3) is 0 Å². The summed E-state index contributed by atoms with van der Waals surface area (Å²) in [4.78, 5) is 13.0. The SMILES string of the molecule is CC1(C)Cc2cc(N)c(O[C@@H]3CCN(CC(N)=O)C3)cc2O1. The van der Waals surface area contributed by atoms with E-state index in [1.807, 2.05) is 17.0 Å². The molecule has 0 spiro atoms. The number of anilines is 1. The van der Waals surface area contributed by atoms with Crippen LogP contribution < -0.4 is 20.9 Å². The highest BCUT2D eigenvalue weighted by Crippen LogP contribution is 2.40. The zero-order chi connectivity index (χ0) is 15.9. The number of hydrogen-bond acceptors (Lipinski definition) is 5. The van der Waals surface area contributed by atoms with E-state index in [0.29, 0.717) is 18.0 Å². The molecule has 2 heterocycles. The largest absolute Gasteiger partial charge is 0.487 e. The molecule has 1 fully saturated rings. The van der Waals surface area contributed by atoms with Crippen molar-refractivity contribution in [1.29, 1.82) is 0 Å². The van der Waals surface area contributed by atoms with Crippen LogP contribution in [0.2, 0.25) is 0 Å². The Morgan fingerprint density at radius 3 is 3.00 bits per heavy atom. The van der Waals surface area contributed by atoms with E-state index < -0.39 is 0 Å². The van der Waals surface area contributed by atoms with Gasteiger partial charge in [0, 0.05) is 31.1 Å². The van der Waals surface area contributed by atoms with Gasteiger partial charge in [-0.25, -0.2) is 0 Å². The van der Waals surface area contributed by atoms with Crippen molar-refractivity contribution in [2.45, 2.75) is 38.4 Å². The van der Waals surface area contributed by atoms with Crippen molar-refractivity contribution in [2.24, 2.45) is 5.73 Å². The summed E-state index contributed by atoms with van der Waals surface area (Å²) in [5, 5.41) is 0. The zero-order valence-corrected chi connectivity index (χ0v) is 13.1. The molecule has 2 aliphatic rings. The first-order valence-electron chi connectivity index (χ1n) is 7.61. The second kappa shape index (κ2) is 5.35. The second-order valence-corrected chi connectivity index (χ2v) is 6.77. The molecule has 22 heavy (non-hydrogen) atoms. The van der Waals surface area contributed by atoms with E-state index in [2.05, 4.69) is 13.8 Å². The number of likely N-dealkylation sites (tertiary alicyclic amines) is 1. The van der Waals surface area contributed by atoms with E-state index in [9.17, 15) is 4.79 Å². The molecule has 1 saturated heterocycles. The highest BCUT2D eigenvalue weighted by atomic mass is 16.5. The molecule has 120 valence electrons. The van der Waals surface area contributed by atoms with Gasteiger partial charge in [-0.05, 0) is 26.3 Å². The third-order valence-electron chi connectivity index (χ3n) is 4.10. The summed E-state index contributed by atoms with van der Waals surface area (Å²) < 4.78 is 11.9. The number of benzene rings is 1. The standard InChI is InChI=1S/C16H23N3O3/c1-16(2)7-10-5-12(17)14(6-13(10)22-16)21-11-3-4-19(8-11)9-15(18)20/h5-6,11H,3-4,7-9,17H2,1-2H3,(H2,18,20)/t11-/m1/s1. The molecule has 0 bridgehead atoms. The summed E-state index contributed by atoms with van der Waals surface area (Å²) in [5.74, 6) is 1.19. The molecular weight excluding hydrogens is 282 g/mol. The number of hydrogen-bond donors (Lipinski definition) is 2. The molecule has 4 N–H and O–H groups in total. The van der Waals surface area contributed by atoms with Gasteiger partial charge in [-0.15, -0.1) is 0 Å². The number of ether oxygens (including phenoxy) is 2. The molecule has 0 radical (unpaired) electrons. The van der Waals surface area contributed by atoms with Crippen molar-refractivity contribution in [3.63, 3.8) is 0 Å². The molecule has 6 heteroatoms. The Morgan fingerprint density at radius 1 is 1.50 bits per heavy atom. The summed E-state index contributed by atoms with van der Waals surface area (Å²) >= 11 is 0. The van der Waals surface area contributed by atoms with Crippen molar-refractivity contribution in [1.82, 2.24) is 4.90 Å². The first-order valence-corrected chi connectivity index (χ1v) is 7.61. The summed E-state index contributed by atoms with van der Waals surface area (Å²) in [5.41, 5.74) is 12.9. The maximum Gasteiger partial charge on any atom is 0.231 e. The smallest absolute Gasteiger partial charge is 0.231 e. The minimum absolute atomic E-state index is 0.0223. The number of nitrogens with two attached hydrogens (primary N) is 2. The van der Waals surface area contributed by atoms with Gasteiger partial charge in [-0.1, -0.05) is 0 Å². The second-order valence-electron chi connectivity index (χ2n) is 6.77. The van der Waals surface area contributed by atoms with Gasteiger partial charge in [-0.3, -0.25) is 9.69 Å². The molecule has 1 aromatic carbocycles. The fraction of sp³-hybridized carbons (Fsp3) is 0.562. The van der Waals surface area contributed by atoms with Crippen molar-refractivity contribution in [2.75, 3.05) is 25.4 Å². The molecule has 2 aliphatic heterocycles. The van der Waals surface area contributed by atoms with E-state index in [-0.39, 0.29) is 24.2 Å². The number of rotatable bonds is 4. The lowest BCUT2D eigenvalue weighted by Gasteiger charge is -2.18. The molecule has 0 saturated carbocycles. The predicted octanol–water partition coefficient (Wildman–Crippen LogP) is 0.921. The maximum atomic E-state index is 11.0. The third-order valence-corrected chi connectivity index (χ3v) is 4.10. The van der Waals surface area contributed by atoms with Crippen molar-refractivity contribution >= 4 is 11.6 Å². The third kappa shape index (κ3) is 3.11. The highest BCUT2D eigenvalue weighted by Gasteiger charge is 2.32. The maximum absolute atomic E-state index is 11.0. The van der Waals surface area contributed by atoms with Gasteiger partial charge in [0.2, 0.25) is 5.91 Å². The van der Waals surface area contributed by atoms with Crippen LogP contribution in [0.4, 0.5) is 5.69 Å². The number of carbonyl (C=O) groups excluding carboxylic acids is 1. The van der Waals surface area contributed by atoms with Crippen LogP contribution in [0.1, 0.15) is 25.8 Å². The average molecular weight is 305 g/mol. The molecule has 0 unspecified atom stereocenters. The van der Waals surface area contributed by atoms with Gasteiger partial charge >= 0.3 is 0 Å². The first-order chi connectivity index (χ1) is 10.3. The Hall–Kier alpha value is -1.95. The average Bonchev–Trinajstić information content (AvgIpc) is 2.92. The van der Waals surface area contributed by atoms with E-state index in [4.69, 9.17) is 20.9 Å². The number of nitrogen functional groups attached to an aromatic ring is 1. The number of nitrogens with zero attached hydrogens (tertiary/aromatic N) is 1. The molecular formula is C16H23N3O3. The summed E-state index contributed by atoms with van der Waals surface area (Å²) in [6, 6.07) is 3.83. The van der Waals surface area contributed by atoms with Crippen LogP contribution in [0.15, 0.2) is 12.1 Å². The lowest BCUT2D eigenvalue weighted by atomic mass is 10.0. The Balaban J connectivity index is 1.68. The summed E-state index contributed by atoms with van der Waals surface area (Å²) in [7, 11) is 0. The molecule has 1 aromatic rings.